The standard InChI is InChI=1S/C17H15FO2/c1-10-4-3-5-13(11(10)2)17-9-15(19)14-8-12(18)6-7-16(14)20-17/h3-8,17H,9H2,1-2H3. The van der Waals surface area contributed by atoms with Crippen LogP contribution < -0.4 is 4.74 Å². The zero-order chi connectivity index (χ0) is 14.3. The molecular weight excluding hydrogens is 255 g/mol. The van der Waals surface area contributed by atoms with Crippen molar-refractivity contribution < 1.29 is 13.9 Å². The largest absolute Gasteiger partial charge is 0.484 e. The summed E-state index contributed by atoms with van der Waals surface area (Å²) in [5.41, 5.74) is 3.67. The molecule has 3 rings (SSSR count). The molecule has 2 aromatic carbocycles. The van der Waals surface area contributed by atoms with Crippen LogP contribution in [0.4, 0.5) is 4.39 Å². The highest BCUT2D eigenvalue weighted by Crippen LogP contribution is 2.36. The van der Waals surface area contributed by atoms with Crippen molar-refractivity contribution in [2.45, 2.75) is 26.4 Å². The normalized spacial score (nSPS) is 17.6. The predicted molar refractivity (Wildman–Crippen MR) is 74.6 cm³/mol. The Morgan fingerprint density at radius 2 is 2.00 bits per heavy atom. The molecule has 0 amide bonds. The van der Waals surface area contributed by atoms with Gasteiger partial charge < -0.3 is 4.74 Å². The van der Waals surface area contributed by atoms with E-state index in [1.54, 1.807) is 0 Å². The van der Waals surface area contributed by atoms with Gasteiger partial charge in [-0.15, -0.1) is 0 Å². The second-order valence-electron chi connectivity index (χ2n) is 5.16. The maximum Gasteiger partial charge on any atom is 0.170 e. The van der Waals surface area contributed by atoms with Crippen LogP contribution in [0.5, 0.6) is 5.75 Å². The van der Waals surface area contributed by atoms with Crippen molar-refractivity contribution in [1.29, 1.82) is 0 Å². The smallest absolute Gasteiger partial charge is 0.170 e. The number of benzene rings is 2. The van der Waals surface area contributed by atoms with Crippen LogP contribution in [-0.2, 0) is 0 Å². The van der Waals surface area contributed by atoms with E-state index in [9.17, 15) is 9.18 Å². The van der Waals surface area contributed by atoms with Crippen molar-refractivity contribution >= 4 is 5.78 Å². The predicted octanol–water partition coefficient (Wildman–Crippen LogP) is 4.15. The molecule has 1 atom stereocenters. The Hall–Kier alpha value is -2.16. The Morgan fingerprint density at radius 1 is 1.20 bits per heavy atom. The molecule has 0 fully saturated rings. The molecule has 0 aliphatic carbocycles. The van der Waals surface area contributed by atoms with Gasteiger partial charge in [-0.25, -0.2) is 4.39 Å². The topological polar surface area (TPSA) is 26.3 Å². The fourth-order valence-electron chi connectivity index (χ4n) is 2.59. The van der Waals surface area contributed by atoms with Crippen molar-refractivity contribution in [2.75, 3.05) is 0 Å². The molecule has 0 aromatic heterocycles. The number of aryl methyl sites for hydroxylation is 1. The van der Waals surface area contributed by atoms with Crippen molar-refractivity contribution in [2.24, 2.45) is 0 Å². The third kappa shape index (κ3) is 2.09. The summed E-state index contributed by atoms with van der Waals surface area (Å²) >= 11 is 0. The Balaban J connectivity index is 2.01. The molecule has 0 saturated carbocycles. The minimum absolute atomic E-state index is 0.0725. The lowest BCUT2D eigenvalue weighted by molar-refractivity contribution is 0.0848. The molecule has 0 N–H and O–H groups in total. The zero-order valence-corrected chi connectivity index (χ0v) is 11.4. The van der Waals surface area contributed by atoms with Crippen LogP contribution in [0.25, 0.3) is 0 Å². The van der Waals surface area contributed by atoms with Gasteiger partial charge in [0.2, 0.25) is 0 Å². The van der Waals surface area contributed by atoms with Gasteiger partial charge in [0.05, 0.1) is 12.0 Å². The molecular formula is C17H15FO2. The van der Waals surface area contributed by atoms with Gasteiger partial charge in [0.25, 0.3) is 0 Å². The van der Waals surface area contributed by atoms with E-state index < -0.39 is 5.82 Å². The summed E-state index contributed by atoms with van der Waals surface area (Å²) < 4.78 is 19.1. The molecule has 1 aliphatic rings. The van der Waals surface area contributed by atoms with Crippen LogP contribution in [0, 0.1) is 19.7 Å². The van der Waals surface area contributed by atoms with Crippen LogP contribution >= 0.6 is 0 Å². The zero-order valence-electron chi connectivity index (χ0n) is 11.4. The summed E-state index contributed by atoms with van der Waals surface area (Å²) in [6.07, 6.45) is -0.0406. The summed E-state index contributed by atoms with van der Waals surface area (Å²) in [7, 11) is 0. The second kappa shape index (κ2) is 4.75. The third-order valence-electron chi connectivity index (χ3n) is 3.88. The molecule has 0 radical (unpaired) electrons. The number of ketones is 1. The third-order valence-corrected chi connectivity index (χ3v) is 3.88. The molecule has 1 unspecified atom stereocenters. The fourth-order valence-corrected chi connectivity index (χ4v) is 2.59. The Bertz CT molecular complexity index is 691. The molecule has 102 valence electrons. The van der Waals surface area contributed by atoms with E-state index in [1.807, 2.05) is 32.0 Å². The molecule has 2 aromatic rings. The highest BCUT2D eigenvalue weighted by atomic mass is 19.1. The number of hydrogen-bond donors (Lipinski definition) is 0. The Kier molecular flexibility index (Phi) is 3.05. The number of ether oxygens (including phenoxy) is 1. The lowest BCUT2D eigenvalue weighted by Gasteiger charge is -2.27. The van der Waals surface area contributed by atoms with E-state index in [0.29, 0.717) is 11.3 Å². The average Bonchev–Trinajstić information content (AvgIpc) is 2.42. The first-order chi connectivity index (χ1) is 9.56. The first-order valence-electron chi connectivity index (χ1n) is 6.62. The molecule has 1 aliphatic heterocycles. The maximum absolute atomic E-state index is 13.2. The monoisotopic (exact) mass is 270 g/mol. The fraction of sp³-hybridized carbons (Fsp3) is 0.235. The lowest BCUT2D eigenvalue weighted by atomic mass is 9.92. The van der Waals surface area contributed by atoms with E-state index in [-0.39, 0.29) is 18.3 Å². The lowest BCUT2D eigenvalue weighted by Crippen LogP contribution is -2.21. The number of rotatable bonds is 1. The molecule has 0 saturated heterocycles. The molecule has 2 nitrogen and oxygen atoms in total. The Labute approximate surface area is 117 Å². The first-order valence-corrected chi connectivity index (χ1v) is 6.62. The SMILES string of the molecule is Cc1cccc(C2CC(=O)c3cc(F)ccc3O2)c1C. The number of halogens is 1. The van der Waals surface area contributed by atoms with E-state index in [4.69, 9.17) is 4.74 Å². The molecule has 3 heteroatoms. The van der Waals surface area contributed by atoms with Gasteiger partial charge in [-0.1, -0.05) is 18.2 Å². The van der Waals surface area contributed by atoms with Crippen molar-refractivity contribution in [3.05, 3.63) is 64.5 Å². The van der Waals surface area contributed by atoms with Crippen LogP contribution in [0.15, 0.2) is 36.4 Å². The summed E-state index contributed by atoms with van der Waals surface area (Å²) in [5, 5.41) is 0. The molecule has 0 spiro atoms. The van der Waals surface area contributed by atoms with Gasteiger partial charge in [0.15, 0.2) is 5.78 Å². The van der Waals surface area contributed by atoms with E-state index in [2.05, 4.69) is 0 Å². The number of hydrogen-bond acceptors (Lipinski definition) is 2. The average molecular weight is 270 g/mol. The van der Waals surface area contributed by atoms with Crippen LogP contribution in [0.3, 0.4) is 0 Å². The molecule has 0 bridgehead atoms. The summed E-state index contributed by atoms with van der Waals surface area (Å²) in [5.74, 6) is -0.0175. The second-order valence-corrected chi connectivity index (χ2v) is 5.16. The quantitative estimate of drug-likeness (QED) is 0.778. The number of carbonyl (C=O) groups excluding carboxylic acids is 1. The number of Topliss-reactive ketones (excluding diaryl/α,β-unsaturated/α-hetero) is 1. The molecule has 20 heavy (non-hydrogen) atoms. The van der Waals surface area contributed by atoms with Gasteiger partial charge in [0.1, 0.15) is 17.7 Å². The van der Waals surface area contributed by atoms with Crippen LogP contribution in [-0.4, -0.2) is 5.78 Å². The first kappa shape index (κ1) is 12.9. The summed E-state index contributed by atoms with van der Waals surface area (Å²) in [6, 6.07) is 10.1. The van der Waals surface area contributed by atoms with Crippen molar-refractivity contribution in [3.8, 4) is 5.75 Å². The Morgan fingerprint density at radius 3 is 2.80 bits per heavy atom. The highest BCUT2D eigenvalue weighted by Gasteiger charge is 2.28. The minimum Gasteiger partial charge on any atom is -0.484 e. The highest BCUT2D eigenvalue weighted by molar-refractivity contribution is 6.00. The van der Waals surface area contributed by atoms with Crippen LogP contribution in [0.1, 0.15) is 39.6 Å². The van der Waals surface area contributed by atoms with Crippen molar-refractivity contribution in [1.82, 2.24) is 0 Å². The van der Waals surface area contributed by atoms with E-state index in [0.717, 1.165) is 11.1 Å². The van der Waals surface area contributed by atoms with Gasteiger partial charge in [-0.3, -0.25) is 4.79 Å². The van der Waals surface area contributed by atoms with Crippen molar-refractivity contribution in [3.63, 3.8) is 0 Å². The van der Waals surface area contributed by atoms with Gasteiger partial charge in [-0.05, 0) is 48.7 Å². The minimum atomic E-state index is -0.411. The van der Waals surface area contributed by atoms with Crippen LogP contribution in [0.2, 0.25) is 0 Å². The summed E-state index contributed by atoms with van der Waals surface area (Å²) in [6.45, 7) is 4.06. The number of fused-ring (bicyclic) bond motifs is 1. The van der Waals surface area contributed by atoms with Gasteiger partial charge >= 0.3 is 0 Å². The van der Waals surface area contributed by atoms with E-state index >= 15 is 0 Å². The van der Waals surface area contributed by atoms with Gasteiger partial charge in [-0.2, -0.15) is 0 Å². The maximum atomic E-state index is 13.2. The summed E-state index contributed by atoms with van der Waals surface area (Å²) in [4.78, 5) is 12.2. The van der Waals surface area contributed by atoms with E-state index in [1.165, 1.54) is 23.8 Å². The van der Waals surface area contributed by atoms with Gasteiger partial charge in [0, 0.05) is 0 Å². The number of carbonyl (C=O) groups is 1. The molecule has 1 heterocycles.